The largest absolute Gasteiger partial charge is 0.481 e. The van der Waals surface area contributed by atoms with E-state index in [9.17, 15) is 0 Å². The normalized spacial score (nSPS) is 7.53. The molecule has 0 saturated carbocycles. The summed E-state index contributed by atoms with van der Waals surface area (Å²) < 4.78 is 0. The molecule has 0 aliphatic heterocycles. The van der Waals surface area contributed by atoms with E-state index in [1.165, 1.54) is 0 Å². The molecule has 1 aliphatic rings. The van der Waals surface area contributed by atoms with Crippen LogP contribution >= 0.6 is 0 Å². The number of hydrogen-bond acceptors (Lipinski definition) is 1. The smallest absolute Gasteiger partial charge is 0.300 e. The van der Waals surface area contributed by atoms with E-state index in [1.807, 2.05) is 12.2 Å². The molecular weight excluding hydrogens is 279 g/mol. The van der Waals surface area contributed by atoms with Gasteiger partial charge in [0.2, 0.25) is 0 Å². The molecule has 0 aromatic heterocycles. The van der Waals surface area contributed by atoms with Crippen LogP contribution in [0, 0.1) is 43.2 Å². The van der Waals surface area contributed by atoms with Crippen LogP contribution in [0.5, 0.6) is 0 Å². The maximum Gasteiger partial charge on any atom is 0.300 e. The predicted octanol–water partition coefficient (Wildman–Crippen LogP) is 3.65. The summed E-state index contributed by atoms with van der Waals surface area (Å²) in [6.07, 6.45) is 10.0. The first kappa shape index (κ1) is 46.8. The first-order valence-corrected chi connectivity index (χ1v) is 2.64. The SMILES string of the molecule is CC(=O)O.[C-]1=CC=CC1.[CH3-].[CH3-].[CH3-].[CH3-].[CH3-].[Rh]. The average Bonchev–Trinajstić information content (AvgIpc) is 2.11. The topological polar surface area (TPSA) is 37.3 Å². The van der Waals surface area contributed by atoms with Gasteiger partial charge >= 0.3 is 0 Å². The molecule has 3 heteroatoms. The number of allylic oxidation sites excluding steroid dienone is 4. The minimum absolute atomic E-state index is 0. The Labute approximate surface area is 110 Å². The number of carbonyl (C=O) groups is 1. The van der Waals surface area contributed by atoms with Crippen LogP contribution in [0.25, 0.3) is 0 Å². The fraction of sp³-hybridized carbons (Fsp3) is 0.167. The zero-order chi connectivity index (χ0) is 7.11. The maximum absolute atomic E-state index is 9.00. The Morgan fingerprint density at radius 1 is 1.20 bits per heavy atom. The second kappa shape index (κ2) is 37.4. The summed E-state index contributed by atoms with van der Waals surface area (Å²) in [5.74, 6) is -0.833. The van der Waals surface area contributed by atoms with E-state index in [2.05, 4.69) is 12.2 Å². The predicted molar refractivity (Wildman–Crippen MR) is 66.9 cm³/mol. The van der Waals surface area contributed by atoms with E-state index in [0.29, 0.717) is 0 Å². The molecule has 1 N–H and O–H groups in total. The van der Waals surface area contributed by atoms with Gasteiger partial charge in [-0.1, -0.05) is 0 Å². The molecule has 0 bridgehead atoms. The van der Waals surface area contributed by atoms with Crippen molar-refractivity contribution in [1.29, 1.82) is 0 Å². The van der Waals surface area contributed by atoms with Gasteiger partial charge in [-0.15, -0.1) is 6.42 Å². The van der Waals surface area contributed by atoms with Gasteiger partial charge in [0.15, 0.2) is 0 Å². The molecule has 0 aromatic carbocycles. The first-order chi connectivity index (χ1) is 4.23. The number of carboxylic acids is 1. The van der Waals surface area contributed by atoms with Crippen molar-refractivity contribution in [2.45, 2.75) is 13.3 Å². The van der Waals surface area contributed by atoms with E-state index in [0.717, 1.165) is 13.3 Å². The molecule has 0 fully saturated rings. The minimum Gasteiger partial charge on any atom is -0.481 e. The Morgan fingerprint density at radius 2 is 1.53 bits per heavy atom. The molecule has 1 radical (unpaired) electrons. The van der Waals surface area contributed by atoms with Gasteiger partial charge in [-0.3, -0.25) is 10.9 Å². The molecule has 15 heavy (non-hydrogen) atoms. The number of rotatable bonds is 0. The quantitative estimate of drug-likeness (QED) is 0.548. The van der Waals surface area contributed by atoms with Gasteiger partial charge < -0.3 is 42.2 Å². The van der Waals surface area contributed by atoms with Crippen molar-refractivity contribution in [3.05, 3.63) is 61.4 Å². The Balaban J connectivity index is -0.0000000124. The Morgan fingerprint density at radius 3 is 1.60 bits per heavy atom. The van der Waals surface area contributed by atoms with Crippen molar-refractivity contribution in [2.75, 3.05) is 0 Å². The molecule has 0 spiro atoms. The Bertz CT molecular complexity index is 127. The Kier molecular flexibility index (Phi) is 117. The monoisotopic (exact) mass is 303 g/mol. The summed E-state index contributed by atoms with van der Waals surface area (Å²) in [5.41, 5.74) is 0. The van der Waals surface area contributed by atoms with Crippen LogP contribution in [0.4, 0.5) is 0 Å². The minimum atomic E-state index is -0.833. The van der Waals surface area contributed by atoms with Crippen LogP contribution in [0.1, 0.15) is 13.3 Å². The second-order valence-electron chi connectivity index (χ2n) is 1.52. The van der Waals surface area contributed by atoms with Crippen LogP contribution in [0.15, 0.2) is 18.2 Å². The fourth-order valence-corrected chi connectivity index (χ4v) is 0.340. The molecule has 0 atom stereocenters. The van der Waals surface area contributed by atoms with Gasteiger partial charge in [0.05, 0.1) is 0 Å². The summed E-state index contributed by atoms with van der Waals surface area (Å²) in [6.45, 7) is 1.08. The molecule has 2 nitrogen and oxygen atoms in total. The number of hydrogen-bond donors (Lipinski definition) is 1. The molecule has 1 aliphatic carbocycles. The van der Waals surface area contributed by atoms with E-state index in [1.54, 1.807) is 0 Å². The molecule has 1 rings (SSSR count). The van der Waals surface area contributed by atoms with Crippen LogP contribution in [0.2, 0.25) is 0 Å². The summed E-state index contributed by atoms with van der Waals surface area (Å²) in [4.78, 5) is 9.00. The summed E-state index contributed by atoms with van der Waals surface area (Å²) in [5, 5.41) is 7.42. The zero-order valence-electron chi connectivity index (χ0n) is 10.6. The van der Waals surface area contributed by atoms with Gasteiger partial charge in [0, 0.05) is 26.4 Å². The number of aliphatic carboxylic acids is 1. The van der Waals surface area contributed by atoms with Crippen LogP contribution in [-0.2, 0) is 24.3 Å². The van der Waals surface area contributed by atoms with E-state index in [-0.39, 0.29) is 56.6 Å². The third-order valence-corrected chi connectivity index (χ3v) is 0.586. The van der Waals surface area contributed by atoms with Gasteiger partial charge in [-0.25, -0.2) is 12.2 Å². The van der Waals surface area contributed by atoms with Crippen molar-refractivity contribution < 1.29 is 29.4 Å². The number of carboxylic acid groups (broad SMARTS) is 1. The molecule has 0 saturated heterocycles. The maximum atomic E-state index is 9.00. The third kappa shape index (κ3) is 86.9. The van der Waals surface area contributed by atoms with Crippen molar-refractivity contribution in [3.8, 4) is 0 Å². The molecular formula is C12H24O2Rh-6. The summed E-state index contributed by atoms with van der Waals surface area (Å²) in [6, 6.07) is 0. The first-order valence-electron chi connectivity index (χ1n) is 2.64. The van der Waals surface area contributed by atoms with E-state index < -0.39 is 5.97 Å². The van der Waals surface area contributed by atoms with Gasteiger partial charge in [-0.05, 0) is 0 Å². The molecule has 0 unspecified atom stereocenters. The standard InChI is InChI=1S/C5H5.C2H4O2.5CH3.Rh/c1-2-4-5-3-1;1-2(3)4;;;;;;/h1-3H,4H2;1H3,(H,3,4);5*1H3;/q-1;;5*-1;. The Hall–Kier alpha value is -0.427. The molecule has 0 aromatic rings. The molecule has 0 heterocycles. The van der Waals surface area contributed by atoms with Crippen molar-refractivity contribution in [1.82, 2.24) is 0 Å². The third-order valence-electron chi connectivity index (χ3n) is 0.586. The van der Waals surface area contributed by atoms with Crippen molar-refractivity contribution >= 4 is 5.97 Å². The summed E-state index contributed by atoms with van der Waals surface area (Å²) >= 11 is 0. The van der Waals surface area contributed by atoms with Crippen LogP contribution in [0.3, 0.4) is 0 Å². The second-order valence-corrected chi connectivity index (χ2v) is 1.52. The van der Waals surface area contributed by atoms with Crippen molar-refractivity contribution in [3.63, 3.8) is 0 Å². The van der Waals surface area contributed by atoms with Gasteiger partial charge in [-0.2, -0.15) is 6.08 Å². The van der Waals surface area contributed by atoms with Gasteiger partial charge in [0.1, 0.15) is 0 Å². The van der Waals surface area contributed by atoms with Crippen LogP contribution < -0.4 is 0 Å². The average molecular weight is 303 g/mol. The zero-order valence-corrected chi connectivity index (χ0v) is 12.3. The molecule has 0 amide bonds. The van der Waals surface area contributed by atoms with Crippen molar-refractivity contribution in [2.24, 2.45) is 0 Å². The van der Waals surface area contributed by atoms with E-state index >= 15 is 0 Å². The summed E-state index contributed by atoms with van der Waals surface area (Å²) in [7, 11) is 0. The van der Waals surface area contributed by atoms with Gasteiger partial charge in [0.25, 0.3) is 5.97 Å². The van der Waals surface area contributed by atoms with Crippen LogP contribution in [-0.4, -0.2) is 11.1 Å². The van der Waals surface area contributed by atoms with E-state index in [4.69, 9.17) is 9.90 Å². The fourth-order valence-electron chi connectivity index (χ4n) is 0.340. The molecule has 99 valence electrons.